The number of hydrogen-bond acceptors (Lipinski definition) is 3. The van der Waals surface area contributed by atoms with Crippen LogP contribution in [0.2, 0.25) is 5.02 Å². The SMILES string of the molecule is COc1ccc(Cl)cc1CN[C@@H](C)c1ccncc1. The van der Waals surface area contributed by atoms with Gasteiger partial charge in [0.05, 0.1) is 7.11 Å². The second-order valence-corrected chi connectivity index (χ2v) is 4.78. The molecule has 0 saturated heterocycles. The van der Waals surface area contributed by atoms with Crippen molar-refractivity contribution in [2.24, 2.45) is 0 Å². The molecule has 0 saturated carbocycles. The van der Waals surface area contributed by atoms with Crippen LogP contribution in [0.5, 0.6) is 5.75 Å². The van der Waals surface area contributed by atoms with Gasteiger partial charge in [-0.15, -0.1) is 0 Å². The van der Waals surface area contributed by atoms with E-state index in [2.05, 4.69) is 17.2 Å². The summed E-state index contributed by atoms with van der Waals surface area (Å²) >= 11 is 6.01. The lowest BCUT2D eigenvalue weighted by Crippen LogP contribution is -2.18. The first-order valence-electron chi connectivity index (χ1n) is 6.16. The van der Waals surface area contributed by atoms with Crippen LogP contribution in [0.3, 0.4) is 0 Å². The smallest absolute Gasteiger partial charge is 0.123 e. The predicted molar refractivity (Wildman–Crippen MR) is 77.5 cm³/mol. The maximum atomic E-state index is 6.01. The second kappa shape index (κ2) is 6.55. The summed E-state index contributed by atoms with van der Waals surface area (Å²) in [6, 6.07) is 9.89. The first kappa shape index (κ1) is 13.8. The Bertz CT molecular complexity index is 531. The molecule has 0 unspecified atom stereocenters. The summed E-state index contributed by atoms with van der Waals surface area (Å²) in [5.74, 6) is 0.846. The van der Waals surface area contributed by atoms with Crippen LogP contribution in [0.1, 0.15) is 24.1 Å². The van der Waals surface area contributed by atoms with Crippen molar-refractivity contribution < 1.29 is 4.74 Å². The van der Waals surface area contributed by atoms with Gasteiger partial charge in [-0.25, -0.2) is 0 Å². The van der Waals surface area contributed by atoms with Crippen LogP contribution in [0.15, 0.2) is 42.7 Å². The Labute approximate surface area is 118 Å². The van der Waals surface area contributed by atoms with E-state index in [4.69, 9.17) is 16.3 Å². The van der Waals surface area contributed by atoms with Crippen molar-refractivity contribution in [2.45, 2.75) is 19.5 Å². The Balaban J connectivity index is 2.04. The van der Waals surface area contributed by atoms with E-state index in [-0.39, 0.29) is 6.04 Å². The molecule has 1 aromatic carbocycles. The van der Waals surface area contributed by atoms with Crippen molar-refractivity contribution in [1.82, 2.24) is 10.3 Å². The monoisotopic (exact) mass is 276 g/mol. The Morgan fingerprint density at radius 3 is 2.68 bits per heavy atom. The summed E-state index contributed by atoms with van der Waals surface area (Å²) in [5, 5.41) is 4.17. The van der Waals surface area contributed by atoms with E-state index in [1.54, 1.807) is 19.5 Å². The lowest BCUT2D eigenvalue weighted by atomic mass is 10.1. The molecular weight excluding hydrogens is 260 g/mol. The summed E-state index contributed by atoms with van der Waals surface area (Å²) in [5.41, 5.74) is 2.26. The zero-order valence-electron chi connectivity index (χ0n) is 11.1. The highest BCUT2D eigenvalue weighted by Crippen LogP contribution is 2.23. The van der Waals surface area contributed by atoms with Crippen molar-refractivity contribution in [3.8, 4) is 5.75 Å². The number of hydrogen-bond donors (Lipinski definition) is 1. The topological polar surface area (TPSA) is 34.1 Å². The molecule has 100 valence electrons. The van der Waals surface area contributed by atoms with Gasteiger partial charge in [0.1, 0.15) is 5.75 Å². The standard InChI is InChI=1S/C15H17ClN2O/c1-11(12-5-7-17-8-6-12)18-10-13-9-14(16)3-4-15(13)19-2/h3-9,11,18H,10H2,1-2H3/t11-/m0/s1. The maximum absolute atomic E-state index is 6.01. The highest BCUT2D eigenvalue weighted by Gasteiger charge is 2.07. The summed E-state index contributed by atoms with van der Waals surface area (Å²) in [4.78, 5) is 4.02. The van der Waals surface area contributed by atoms with Gasteiger partial charge in [-0.1, -0.05) is 11.6 Å². The lowest BCUT2D eigenvalue weighted by molar-refractivity contribution is 0.406. The Hall–Kier alpha value is -1.58. The fraction of sp³-hybridized carbons (Fsp3) is 0.267. The van der Waals surface area contributed by atoms with Crippen LogP contribution in [0.4, 0.5) is 0 Å². The number of halogens is 1. The van der Waals surface area contributed by atoms with Crippen molar-refractivity contribution in [2.75, 3.05) is 7.11 Å². The van der Waals surface area contributed by atoms with Gasteiger partial charge in [-0.3, -0.25) is 4.98 Å². The van der Waals surface area contributed by atoms with E-state index < -0.39 is 0 Å². The third-order valence-corrected chi connectivity index (χ3v) is 3.28. The van der Waals surface area contributed by atoms with Crippen molar-refractivity contribution in [3.63, 3.8) is 0 Å². The molecule has 0 fully saturated rings. The number of rotatable bonds is 5. The zero-order valence-corrected chi connectivity index (χ0v) is 11.8. The molecule has 0 radical (unpaired) electrons. The highest BCUT2D eigenvalue weighted by atomic mass is 35.5. The number of nitrogens with one attached hydrogen (secondary N) is 1. The van der Waals surface area contributed by atoms with Crippen LogP contribution in [0.25, 0.3) is 0 Å². The van der Waals surface area contributed by atoms with Gasteiger partial charge in [-0.2, -0.15) is 0 Å². The third kappa shape index (κ3) is 3.69. The third-order valence-electron chi connectivity index (χ3n) is 3.05. The van der Waals surface area contributed by atoms with Gasteiger partial charge in [0.2, 0.25) is 0 Å². The molecule has 2 rings (SSSR count). The van der Waals surface area contributed by atoms with Crippen molar-refractivity contribution >= 4 is 11.6 Å². The van der Waals surface area contributed by atoms with Crippen molar-refractivity contribution in [1.29, 1.82) is 0 Å². The average Bonchev–Trinajstić information content (AvgIpc) is 2.46. The quantitative estimate of drug-likeness (QED) is 0.906. The Morgan fingerprint density at radius 2 is 2.00 bits per heavy atom. The summed E-state index contributed by atoms with van der Waals surface area (Å²) in [6.45, 7) is 2.82. The van der Waals surface area contributed by atoms with Crippen molar-refractivity contribution in [3.05, 3.63) is 58.9 Å². The number of ether oxygens (including phenoxy) is 1. The first-order chi connectivity index (χ1) is 9.20. The molecule has 0 aliphatic carbocycles. The summed E-state index contributed by atoms with van der Waals surface area (Å²) in [6.07, 6.45) is 3.60. The van der Waals surface area contributed by atoms with E-state index in [1.165, 1.54) is 5.56 Å². The molecule has 0 amide bonds. The molecule has 1 N–H and O–H groups in total. The molecular formula is C15H17ClN2O. The Morgan fingerprint density at radius 1 is 1.26 bits per heavy atom. The minimum atomic E-state index is 0.242. The second-order valence-electron chi connectivity index (χ2n) is 4.34. The molecule has 2 aromatic rings. The van der Waals surface area contributed by atoms with Gasteiger partial charge in [0.25, 0.3) is 0 Å². The van der Waals surface area contributed by atoms with Crippen LogP contribution in [0, 0.1) is 0 Å². The maximum Gasteiger partial charge on any atom is 0.123 e. The molecule has 19 heavy (non-hydrogen) atoms. The summed E-state index contributed by atoms with van der Waals surface area (Å²) < 4.78 is 5.33. The van der Waals surface area contributed by atoms with Gasteiger partial charge in [0, 0.05) is 35.6 Å². The van der Waals surface area contributed by atoms with Crippen LogP contribution < -0.4 is 10.1 Å². The van der Waals surface area contributed by atoms with Crippen LogP contribution in [-0.2, 0) is 6.54 Å². The predicted octanol–water partition coefficient (Wildman–Crippen LogP) is 3.59. The average molecular weight is 277 g/mol. The largest absolute Gasteiger partial charge is 0.496 e. The van der Waals surface area contributed by atoms with E-state index >= 15 is 0 Å². The molecule has 1 aromatic heterocycles. The number of nitrogens with zero attached hydrogens (tertiary/aromatic N) is 1. The molecule has 3 nitrogen and oxygen atoms in total. The number of pyridine rings is 1. The molecule has 4 heteroatoms. The first-order valence-corrected chi connectivity index (χ1v) is 6.54. The van der Waals surface area contributed by atoms with Gasteiger partial charge in [-0.05, 0) is 42.8 Å². The van der Waals surface area contributed by atoms with E-state index in [1.807, 2.05) is 30.3 Å². The number of aromatic nitrogens is 1. The molecule has 0 spiro atoms. The van der Waals surface area contributed by atoms with Crippen LogP contribution >= 0.6 is 11.6 Å². The molecule has 0 aliphatic heterocycles. The number of methoxy groups -OCH3 is 1. The van der Waals surface area contributed by atoms with E-state index in [9.17, 15) is 0 Å². The van der Waals surface area contributed by atoms with Crippen LogP contribution in [-0.4, -0.2) is 12.1 Å². The fourth-order valence-corrected chi connectivity index (χ4v) is 2.11. The highest BCUT2D eigenvalue weighted by molar-refractivity contribution is 6.30. The molecule has 1 heterocycles. The molecule has 1 atom stereocenters. The van der Waals surface area contributed by atoms with E-state index in [0.717, 1.165) is 11.3 Å². The Kier molecular flexibility index (Phi) is 4.77. The van der Waals surface area contributed by atoms with Gasteiger partial charge < -0.3 is 10.1 Å². The fourth-order valence-electron chi connectivity index (χ4n) is 1.92. The molecule has 0 aliphatic rings. The normalized spacial score (nSPS) is 12.2. The lowest BCUT2D eigenvalue weighted by Gasteiger charge is -2.15. The van der Waals surface area contributed by atoms with E-state index in [0.29, 0.717) is 11.6 Å². The minimum absolute atomic E-state index is 0.242. The summed E-state index contributed by atoms with van der Waals surface area (Å²) in [7, 11) is 1.67. The minimum Gasteiger partial charge on any atom is -0.496 e. The zero-order chi connectivity index (χ0) is 13.7. The molecule has 0 bridgehead atoms. The van der Waals surface area contributed by atoms with Gasteiger partial charge in [0.15, 0.2) is 0 Å². The number of benzene rings is 1. The van der Waals surface area contributed by atoms with Gasteiger partial charge >= 0.3 is 0 Å².